The SMILES string of the molecule is COC(=O)CC(c1ccc(C(F)(F)F)cc1)N(c1ncnc(NCc2ccc(CC(N)=O)cc2)c1F)C1CC1. The largest absolute Gasteiger partial charge is 0.469 e. The summed E-state index contributed by atoms with van der Waals surface area (Å²) in [5.74, 6) is -1.94. The van der Waals surface area contributed by atoms with E-state index in [1.165, 1.54) is 25.6 Å². The second-order valence-corrected chi connectivity index (χ2v) is 9.23. The van der Waals surface area contributed by atoms with E-state index < -0.39 is 35.5 Å². The average Bonchev–Trinajstić information content (AvgIpc) is 3.74. The zero-order valence-electron chi connectivity index (χ0n) is 21.0. The number of nitrogens with two attached hydrogens (primary N) is 1. The van der Waals surface area contributed by atoms with Crippen molar-refractivity contribution in [2.45, 2.75) is 50.5 Å². The zero-order chi connectivity index (χ0) is 28.2. The minimum Gasteiger partial charge on any atom is -0.469 e. The molecule has 3 aromatic rings. The van der Waals surface area contributed by atoms with Crippen molar-refractivity contribution in [3.05, 3.63) is 82.9 Å². The summed E-state index contributed by atoms with van der Waals surface area (Å²) in [6, 6.07) is 10.5. The van der Waals surface area contributed by atoms with E-state index in [2.05, 4.69) is 15.3 Å². The number of nitrogens with zero attached hydrogens (tertiary/aromatic N) is 3. The quantitative estimate of drug-likeness (QED) is 0.269. The molecule has 1 aliphatic carbocycles. The van der Waals surface area contributed by atoms with Crippen LogP contribution in [0.15, 0.2) is 54.9 Å². The minimum atomic E-state index is -4.52. The van der Waals surface area contributed by atoms with Crippen LogP contribution < -0.4 is 16.0 Å². The van der Waals surface area contributed by atoms with E-state index in [0.29, 0.717) is 18.4 Å². The lowest BCUT2D eigenvalue weighted by atomic mass is 9.99. The van der Waals surface area contributed by atoms with E-state index in [1.54, 1.807) is 29.2 Å². The fraction of sp³-hybridized carbons (Fsp3) is 0.333. The van der Waals surface area contributed by atoms with E-state index in [-0.39, 0.29) is 37.1 Å². The van der Waals surface area contributed by atoms with Crippen LogP contribution in [-0.4, -0.2) is 35.0 Å². The summed E-state index contributed by atoms with van der Waals surface area (Å²) in [6.45, 7) is 0.220. The zero-order valence-corrected chi connectivity index (χ0v) is 21.0. The Kier molecular flexibility index (Phi) is 8.32. The van der Waals surface area contributed by atoms with Crippen LogP contribution in [0.2, 0.25) is 0 Å². The number of alkyl halides is 3. The van der Waals surface area contributed by atoms with Gasteiger partial charge in [0.1, 0.15) is 6.33 Å². The Hall–Kier alpha value is -4.22. The van der Waals surface area contributed by atoms with Gasteiger partial charge in [-0.25, -0.2) is 9.97 Å². The fourth-order valence-electron chi connectivity index (χ4n) is 4.27. The molecular weight excluding hydrogens is 518 g/mol. The topological polar surface area (TPSA) is 110 Å². The molecule has 0 saturated heterocycles. The number of aromatic nitrogens is 2. The molecule has 0 bridgehead atoms. The molecule has 8 nitrogen and oxygen atoms in total. The molecule has 3 N–H and O–H groups in total. The molecule has 2 aromatic carbocycles. The maximum atomic E-state index is 15.8. The Balaban J connectivity index is 1.61. The highest BCUT2D eigenvalue weighted by Gasteiger charge is 2.39. The number of anilines is 2. The van der Waals surface area contributed by atoms with Crippen LogP contribution in [0.25, 0.3) is 0 Å². The number of amides is 1. The number of carbonyl (C=O) groups is 2. The third kappa shape index (κ3) is 7.01. The molecule has 4 rings (SSSR count). The van der Waals surface area contributed by atoms with Gasteiger partial charge in [0.05, 0.1) is 31.6 Å². The van der Waals surface area contributed by atoms with Crippen LogP contribution in [0.4, 0.5) is 29.2 Å². The molecule has 1 saturated carbocycles. The number of hydrogen-bond acceptors (Lipinski definition) is 7. The van der Waals surface area contributed by atoms with E-state index >= 15 is 4.39 Å². The van der Waals surface area contributed by atoms with Crippen molar-refractivity contribution in [3.63, 3.8) is 0 Å². The first-order chi connectivity index (χ1) is 18.6. The van der Waals surface area contributed by atoms with Crippen molar-refractivity contribution in [1.29, 1.82) is 0 Å². The second kappa shape index (κ2) is 11.7. The fourth-order valence-corrected chi connectivity index (χ4v) is 4.27. The van der Waals surface area contributed by atoms with Gasteiger partial charge in [0.2, 0.25) is 11.7 Å². The first kappa shape index (κ1) is 27.8. The lowest BCUT2D eigenvalue weighted by molar-refractivity contribution is -0.141. The number of halogens is 4. The van der Waals surface area contributed by atoms with E-state index in [9.17, 15) is 22.8 Å². The molecular formula is C27H27F4N5O3. The van der Waals surface area contributed by atoms with Gasteiger partial charge in [0, 0.05) is 12.6 Å². The number of nitrogens with one attached hydrogen (secondary N) is 1. The standard InChI is InChI=1S/C27H27F4N5O3/c1-39-23(38)13-21(18-6-8-19(9-7-18)27(29,30)31)36(20-10-11-20)26-24(28)25(34-15-35-26)33-14-17-4-2-16(3-5-17)12-22(32)37/h2-9,15,20-21H,10-14H2,1H3,(H2,32,37)(H,33,34,35). The van der Waals surface area contributed by atoms with E-state index in [4.69, 9.17) is 10.5 Å². The van der Waals surface area contributed by atoms with Crippen molar-refractivity contribution >= 4 is 23.5 Å². The van der Waals surface area contributed by atoms with Crippen molar-refractivity contribution in [3.8, 4) is 0 Å². The summed E-state index contributed by atoms with van der Waals surface area (Å²) >= 11 is 0. The molecule has 1 aromatic heterocycles. The summed E-state index contributed by atoms with van der Waals surface area (Å²) in [5, 5.41) is 2.94. The Morgan fingerprint density at radius 3 is 2.28 bits per heavy atom. The second-order valence-electron chi connectivity index (χ2n) is 9.23. The van der Waals surface area contributed by atoms with E-state index in [0.717, 1.165) is 23.3 Å². The molecule has 1 aliphatic rings. The first-order valence-electron chi connectivity index (χ1n) is 12.2. The number of benzene rings is 2. The molecule has 0 spiro atoms. The first-order valence-corrected chi connectivity index (χ1v) is 12.2. The van der Waals surface area contributed by atoms with E-state index in [1.807, 2.05) is 0 Å². The Labute approximate surface area is 222 Å². The maximum absolute atomic E-state index is 15.8. The summed E-state index contributed by atoms with van der Waals surface area (Å²) < 4.78 is 60.0. The van der Waals surface area contributed by atoms with Gasteiger partial charge in [-0.15, -0.1) is 0 Å². The third-order valence-corrected chi connectivity index (χ3v) is 6.36. The van der Waals surface area contributed by atoms with Gasteiger partial charge in [-0.1, -0.05) is 36.4 Å². The number of carbonyl (C=O) groups excluding carboxylic acids is 2. The van der Waals surface area contributed by atoms with Gasteiger partial charge in [0.15, 0.2) is 11.6 Å². The molecule has 0 aliphatic heterocycles. The number of methoxy groups -OCH3 is 1. The predicted molar refractivity (Wildman–Crippen MR) is 135 cm³/mol. The summed E-state index contributed by atoms with van der Waals surface area (Å²) in [7, 11) is 1.21. The van der Waals surface area contributed by atoms with Crippen molar-refractivity contribution < 1.29 is 31.9 Å². The lowest BCUT2D eigenvalue weighted by Crippen LogP contribution is -2.34. The highest BCUT2D eigenvalue weighted by molar-refractivity contribution is 5.76. The van der Waals surface area contributed by atoms with Crippen molar-refractivity contribution in [2.75, 3.05) is 17.3 Å². The Morgan fingerprint density at radius 2 is 1.72 bits per heavy atom. The molecule has 1 atom stereocenters. The van der Waals surface area contributed by atoms with Crippen LogP contribution in [-0.2, 0) is 33.5 Å². The summed E-state index contributed by atoms with van der Waals surface area (Å²) in [6.07, 6.45) is -2.05. The molecule has 206 valence electrons. The third-order valence-electron chi connectivity index (χ3n) is 6.36. The Bertz CT molecular complexity index is 1310. The van der Waals surface area contributed by atoms with Gasteiger partial charge < -0.3 is 20.7 Å². The highest BCUT2D eigenvalue weighted by Crippen LogP contribution is 2.42. The lowest BCUT2D eigenvalue weighted by Gasteiger charge is -2.33. The van der Waals surface area contributed by atoms with Crippen LogP contribution >= 0.6 is 0 Å². The molecule has 1 fully saturated rings. The molecule has 0 radical (unpaired) electrons. The number of primary amides is 1. The highest BCUT2D eigenvalue weighted by atomic mass is 19.4. The maximum Gasteiger partial charge on any atom is 0.416 e. The van der Waals surface area contributed by atoms with Gasteiger partial charge in [0.25, 0.3) is 0 Å². The van der Waals surface area contributed by atoms with Crippen molar-refractivity contribution in [2.24, 2.45) is 5.73 Å². The van der Waals surface area contributed by atoms with Gasteiger partial charge in [-0.3, -0.25) is 9.59 Å². The molecule has 1 amide bonds. The molecule has 1 heterocycles. The number of esters is 1. The predicted octanol–water partition coefficient (Wildman–Crippen LogP) is 4.55. The number of hydrogen-bond donors (Lipinski definition) is 2. The summed E-state index contributed by atoms with van der Waals surface area (Å²) in [5.41, 5.74) is 6.33. The monoisotopic (exact) mass is 545 g/mol. The average molecular weight is 546 g/mol. The molecule has 12 heteroatoms. The van der Waals surface area contributed by atoms with Gasteiger partial charge in [-0.2, -0.15) is 17.6 Å². The molecule has 39 heavy (non-hydrogen) atoms. The van der Waals surface area contributed by atoms with Crippen LogP contribution in [0.1, 0.15) is 47.6 Å². The Morgan fingerprint density at radius 1 is 1.08 bits per heavy atom. The summed E-state index contributed by atoms with van der Waals surface area (Å²) in [4.78, 5) is 33.2. The van der Waals surface area contributed by atoms with Gasteiger partial charge in [-0.05, 0) is 41.7 Å². The normalized spacial score (nSPS) is 14.0. The number of ether oxygens (including phenoxy) is 1. The van der Waals surface area contributed by atoms with Crippen LogP contribution in [0.3, 0.4) is 0 Å². The minimum absolute atomic E-state index is 0.0689. The van der Waals surface area contributed by atoms with Crippen LogP contribution in [0, 0.1) is 5.82 Å². The van der Waals surface area contributed by atoms with Crippen molar-refractivity contribution in [1.82, 2.24) is 9.97 Å². The molecule has 1 unspecified atom stereocenters. The smallest absolute Gasteiger partial charge is 0.416 e. The van der Waals surface area contributed by atoms with Crippen LogP contribution in [0.5, 0.6) is 0 Å². The number of rotatable bonds is 11. The van der Waals surface area contributed by atoms with Gasteiger partial charge >= 0.3 is 12.1 Å².